The van der Waals surface area contributed by atoms with E-state index in [4.69, 9.17) is 4.74 Å². The second-order valence-electron chi connectivity index (χ2n) is 8.60. The number of hydrogen-bond donors (Lipinski definition) is 0. The van der Waals surface area contributed by atoms with Crippen molar-refractivity contribution in [2.24, 2.45) is 0 Å². The SMILES string of the molecule is C=C(C(=O)OC(C)(C)C)[C@H](c1ccccc1)[C@@]1(C)C(=O)N(C)c2ccc(F)cc21. The van der Waals surface area contributed by atoms with Crippen molar-refractivity contribution in [3.8, 4) is 0 Å². The summed E-state index contributed by atoms with van der Waals surface area (Å²) >= 11 is 0. The topological polar surface area (TPSA) is 46.6 Å². The van der Waals surface area contributed by atoms with Crippen LogP contribution >= 0.6 is 0 Å². The van der Waals surface area contributed by atoms with E-state index in [1.54, 1.807) is 40.8 Å². The van der Waals surface area contributed by atoms with Gasteiger partial charge in [-0.25, -0.2) is 9.18 Å². The molecular weight excluding hydrogens is 369 g/mol. The number of carbonyl (C=O) groups is 2. The van der Waals surface area contributed by atoms with Crippen LogP contribution in [-0.2, 0) is 19.7 Å². The van der Waals surface area contributed by atoms with Crippen LogP contribution in [0.25, 0.3) is 0 Å². The fourth-order valence-corrected chi connectivity index (χ4v) is 4.06. The van der Waals surface area contributed by atoms with Crippen LogP contribution in [0.4, 0.5) is 10.1 Å². The summed E-state index contributed by atoms with van der Waals surface area (Å²) in [7, 11) is 1.66. The zero-order chi connectivity index (χ0) is 21.6. The van der Waals surface area contributed by atoms with Crippen molar-refractivity contribution >= 4 is 17.6 Å². The maximum Gasteiger partial charge on any atom is 0.334 e. The standard InChI is InChI=1S/C24H26FNO3/c1-15(21(27)29-23(2,3)4)20(16-10-8-7-9-11-16)24(5)18-14-17(25)12-13-19(18)26(6)22(24)28/h7-14,20H,1H2,2-6H3/t20-,24+/m1/s1. The Labute approximate surface area is 171 Å². The Morgan fingerprint density at radius 2 is 1.79 bits per heavy atom. The molecule has 152 valence electrons. The van der Waals surface area contributed by atoms with Gasteiger partial charge in [-0.1, -0.05) is 36.9 Å². The third-order valence-corrected chi connectivity index (χ3v) is 5.35. The van der Waals surface area contributed by atoms with Gasteiger partial charge in [-0.15, -0.1) is 0 Å². The smallest absolute Gasteiger partial charge is 0.334 e. The monoisotopic (exact) mass is 395 g/mol. The summed E-state index contributed by atoms with van der Waals surface area (Å²) in [5.74, 6) is -1.95. The lowest BCUT2D eigenvalue weighted by molar-refractivity contribution is -0.150. The molecular formula is C24H26FNO3. The Hall–Kier alpha value is -2.95. The highest BCUT2D eigenvalue weighted by Crippen LogP contribution is 2.52. The number of hydrogen-bond acceptors (Lipinski definition) is 3. The van der Waals surface area contributed by atoms with Crippen molar-refractivity contribution in [1.29, 1.82) is 0 Å². The number of fused-ring (bicyclic) bond motifs is 1. The molecule has 29 heavy (non-hydrogen) atoms. The lowest BCUT2D eigenvalue weighted by atomic mass is 9.66. The van der Waals surface area contributed by atoms with Crippen LogP contribution in [0.2, 0.25) is 0 Å². The van der Waals surface area contributed by atoms with Gasteiger partial charge in [0.2, 0.25) is 5.91 Å². The van der Waals surface area contributed by atoms with Gasteiger partial charge in [0.05, 0.1) is 5.41 Å². The number of likely N-dealkylation sites (N-methyl/N-ethyl adjacent to an activating group) is 1. The van der Waals surface area contributed by atoms with Crippen LogP contribution in [0.5, 0.6) is 0 Å². The zero-order valence-corrected chi connectivity index (χ0v) is 17.5. The number of benzene rings is 2. The van der Waals surface area contributed by atoms with Crippen molar-refractivity contribution < 1.29 is 18.7 Å². The summed E-state index contributed by atoms with van der Waals surface area (Å²) in [5.41, 5.74) is 0.141. The van der Waals surface area contributed by atoms with Gasteiger partial charge in [0.15, 0.2) is 0 Å². The number of nitrogens with zero attached hydrogens (tertiary/aromatic N) is 1. The zero-order valence-electron chi connectivity index (χ0n) is 17.5. The Kier molecular flexibility index (Phi) is 5.11. The van der Waals surface area contributed by atoms with E-state index in [1.807, 2.05) is 30.3 Å². The van der Waals surface area contributed by atoms with Crippen LogP contribution in [0.1, 0.15) is 44.7 Å². The summed E-state index contributed by atoms with van der Waals surface area (Å²) in [6.07, 6.45) is 0. The number of esters is 1. The second-order valence-corrected chi connectivity index (χ2v) is 8.60. The van der Waals surface area contributed by atoms with E-state index >= 15 is 0 Å². The molecule has 0 spiro atoms. The van der Waals surface area contributed by atoms with Gasteiger partial charge >= 0.3 is 5.97 Å². The van der Waals surface area contributed by atoms with Crippen LogP contribution in [0.3, 0.4) is 0 Å². The summed E-state index contributed by atoms with van der Waals surface area (Å²) in [5, 5.41) is 0. The first-order valence-electron chi connectivity index (χ1n) is 9.52. The van der Waals surface area contributed by atoms with Gasteiger partial charge in [0, 0.05) is 24.2 Å². The number of rotatable bonds is 4. The van der Waals surface area contributed by atoms with Crippen molar-refractivity contribution in [1.82, 2.24) is 0 Å². The van der Waals surface area contributed by atoms with Crippen molar-refractivity contribution in [3.63, 3.8) is 0 Å². The first kappa shape index (κ1) is 20.8. The fraction of sp³-hybridized carbons (Fsp3) is 0.333. The molecule has 2 aromatic rings. The maximum atomic E-state index is 14.2. The fourth-order valence-electron chi connectivity index (χ4n) is 4.06. The Morgan fingerprint density at radius 3 is 2.38 bits per heavy atom. The van der Waals surface area contributed by atoms with Gasteiger partial charge in [-0.3, -0.25) is 4.79 Å². The van der Waals surface area contributed by atoms with Crippen LogP contribution in [0, 0.1) is 5.82 Å². The number of anilines is 1. The molecule has 0 saturated heterocycles. The van der Waals surface area contributed by atoms with Crippen molar-refractivity contribution in [2.45, 2.75) is 44.6 Å². The minimum atomic E-state index is -1.21. The maximum absolute atomic E-state index is 14.2. The molecule has 3 rings (SSSR count). The molecule has 2 aromatic carbocycles. The lowest BCUT2D eigenvalue weighted by Crippen LogP contribution is -2.43. The molecule has 0 radical (unpaired) electrons. The third kappa shape index (κ3) is 3.57. The van der Waals surface area contributed by atoms with Crippen molar-refractivity contribution in [3.05, 3.63) is 77.6 Å². The third-order valence-electron chi connectivity index (χ3n) is 5.35. The average molecular weight is 395 g/mol. The van der Waals surface area contributed by atoms with E-state index in [-0.39, 0.29) is 11.5 Å². The highest BCUT2D eigenvalue weighted by molar-refractivity contribution is 6.09. The molecule has 1 aliphatic rings. The normalized spacial score (nSPS) is 19.7. The molecule has 0 aliphatic carbocycles. The Bertz CT molecular complexity index is 977. The van der Waals surface area contributed by atoms with Gasteiger partial charge in [-0.05, 0) is 57.0 Å². The predicted octanol–water partition coefficient (Wildman–Crippen LogP) is 4.74. The largest absolute Gasteiger partial charge is 0.457 e. The number of carbonyl (C=O) groups excluding carboxylic acids is 2. The Balaban J connectivity index is 2.20. The minimum absolute atomic E-state index is 0.160. The highest BCUT2D eigenvalue weighted by Gasteiger charge is 2.53. The molecule has 1 amide bonds. The molecule has 0 saturated carbocycles. The summed E-state index contributed by atoms with van der Waals surface area (Å²) in [6.45, 7) is 11.1. The number of ether oxygens (including phenoxy) is 1. The van der Waals surface area contributed by atoms with Crippen LogP contribution in [0.15, 0.2) is 60.7 Å². The van der Waals surface area contributed by atoms with E-state index < -0.39 is 28.7 Å². The van der Waals surface area contributed by atoms with Crippen LogP contribution < -0.4 is 4.90 Å². The predicted molar refractivity (Wildman–Crippen MR) is 111 cm³/mol. The van der Waals surface area contributed by atoms with Gasteiger partial charge in [0.1, 0.15) is 11.4 Å². The second kappa shape index (κ2) is 7.14. The number of halogens is 1. The first-order valence-corrected chi connectivity index (χ1v) is 9.52. The molecule has 2 atom stereocenters. The van der Waals surface area contributed by atoms with E-state index in [2.05, 4.69) is 6.58 Å². The van der Waals surface area contributed by atoms with E-state index in [0.29, 0.717) is 11.3 Å². The first-order chi connectivity index (χ1) is 13.5. The Morgan fingerprint density at radius 1 is 1.17 bits per heavy atom. The minimum Gasteiger partial charge on any atom is -0.457 e. The quantitative estimate of drug-likeness (QED) is 0.555. The van der Waals surface area contributed by atoms with Gasteiger partial charge in [-0.2, -0.15) is 0 Å². The molecule has 0 aromatic heterocycles. The van der Waals surface area contributed by atoms with E-state index in [0.717, 1.165) is 5.56 Å². The molecule has 1 heterocycles. The average Bonchev–Trinajstić information content (AvgIpc) is 2.83. The summed E-state index contributed by atoms with van der Waals surface area (Å²) in [4.78, 5) is 27.9. The molecule has 5 heteroatoms. The molecule has 0 bridgehead atoms. The van der Waals surface area contributed by atoms with Gasteiger partial charge < -0.3 is 9.64 Å². The molecule has 0 N–H and O–H groups in total. The molecule has 4 nitrogen and oxygen atoms in total. The van der Waals surface area contributed by atoms with E-state index in [9.17, 15) is 14.0 Å². The van der Waals surface area contributed by atoms with Crippen molar-refractivity contribution in [2.75, 3.05) is 11.9 Å². The highest BCUT2D eigenvalue weighted by atomic mass is 19.1. The molecule has 0 fully saturated rings. The van der Waals surface area contributed by atoms with Gasteiger partial charge in [0.25, 0.3) is 0 Å². The van der Waals surface area contributed by atoms with Crippen LogP contribution in [-0.4, -0.2) is 24.5 Å². The molecule has 1 aliphatic heterocycles. The summed E-state index contributed by atoms with van der Waals surface area (Å²) in [6, 6.07) is 13.5. The van der Waals surface area contributed by atoms with E-state index in [1.165, 1.54) is 17.0 Å². The molecule has 0 unspecified atom stereocenters. The number of amides is 1. The summed E-state index contributed by atoms with van der Waals surface area (Å²) < 4.78 is 19.7. The lowest BCUT2D eigenvalue weighted by Gasteiger charge is -2.35.